The first-order valence-electron chi connectivity index (χ1n) is 4.60. The van der Waals surface area contributed by atoms with E-state index in [1.807, 2.05) is 0 Å². The van der Waals surface area contributed by atoms with Gasteiger partial charge in [0.1, 0.15) is 0 Å². The molecule has 1 unspecified atom stereocenters. The molecule has 11 heavy (non-hydrogen) atoms. The quantitative estimate of drug-likeness (QED) is 0.538. The lowest BCUT2D eigenvalue weighted by molar-refractivity contribution is 0.278. The van der Waals surface area contributed by atoms with Crippen LogP contribution in [0.1, 0.15) is 48.0 Å². The van der Waals surface area contributed by atoms with Gasteiger partial charge in [-0.3, -0.25) is 0 Å². The number of rotatable bonds is 3. The van der Waals surface area contributed by atoms with E-state index in [4.69, 9.17) is 0 Å². The molecule has 0 aromatic rings. The van der Waals surface area contributed by atoms with Crippen LogP contribution >= 0.6 is 0 Å². The second-order valence-electron chi connectivity index (χ2n) is 4.00. The zero-order valence-corrected chi connectivity index (χ0v) is 8.86. The summed E-state index contributed by atoms with van der Waals surface area (Å²) in [4.78, 5) is 0. The third-order valence-electron chi connectivity index (χ3n) is 3.29. The number of allylic oxidation sites excluding steroid dienone is 2. The number of hydrogen-bond donors (Lipinski definition) is 0. The Morgan fingerprint density at radius 1 is 1.45 bits per heavy atom. The van der Waals surface area contributed by atoms with Crippen molar-refractivity contribution in [2.24, 2.45) is 11.3 Å². The van der Waals surface area contributed by atoms with Crippen LogP contribution in [-0.2, 0) is 0 Å². The molecule has 0 aromatic carbocycles. The predicted molar refractivity (Wildman–Crippen MR) is 52.7 cm³/mol. The second kappa shape index (κ2) is 3.94. The molecule has 1 atom stereocenters. The Bertz CT molecular complexity index is 140. The summed E-state index contributed by atoms with van der Waals surface area (Å²) < 4.78 is 0. The standard InChI is InChI=1S/C11H22/c1-7-9(3)11(5,6)10(4)8-2/h7,10H,8H2,1-6H3/b9-7+. The van der Waals surface area contributed by atoms with E-state index in [0.29, 0.717) is 5.41 Å². The molecule has 0 fully saturated rings. The summed E-state index contributed by atoms with van der Waals surface area (Å²) in [5, 5.41) is 0. The third-order valence-corrected chi connectivity index (χ3v) is 3.29. The lowest BCUT2D eigenvalue weighted by atomic mass is 9.73. The van der Waals surface area contributed by atoms with Crippen molar-refractivity contribution in [3.8, 4) is 0 Å². The molecule has 0 spiro atoms. The Labute approximate surface area is 71.7 Å². The van der Waals surface area contributed by atoms with E-state index in [-0.39, 0.29) is 0 Å². The zero-order chi connectivity index (χ0) is 9.07. The van der Waals surface area contributed by atoms with Crippen molar-refractivity contribution < 1.29 is 0 Å². The molecule has 66 valence electrons. The molecule has 0 saturated carbocycles. The van der Waals surface area contributed by atoms with Crippen LogP contribution < -0.4 is 0 Å². The maximum atomic E-state index is 2.33. The van der Waals surface area contributed by atoms with E-state index < -0.39 is 0 Å². The smallest absolute Gasteiger partial charge is 0.0122 e. The third kappa shape index (κ3) is 2.36. The van der Waals surface area contributed by atoms with Crippen molar-refractivity contribution in [2.75, 3.05) is 0 Å². The van der Waals surface area contributed by atoms with E-state index in [0.717, 1.165) is 5.92 Å². The average molecular weight is 154 g/mol. The fourth-order valence-electron chi connectivity index (χ4n) is 1.27. The van der Waals surface area contributed by atoms with Crippen molar-refractivity contribution in [1.29, 1.82) is 0 Å². The minimum Gasteiger partial charge on any atom is -0.0882 e. The summed E-state index contributed by atoms with van der Waals surface area (Å²) in [6.07, 6.45) is 3.49. The lowest BCUT2D eigenvalue weighted by Crippen LogP contribution is -2.22. The van der Waals surface area contributed by atoms with Gasteiger partial charge in [0.05, 0.1) is 0 Å². The SMILES string of the molecule is C/C=C(\C)C(C)(C)C(C)CC. The minimum absolute atomic E-state index is 0.378. The monoisotopic (exact) mass is 154 g/mol. The van der Waals surface area contributed by atoms with Gasteiger partial charge in [0.25, 0.3) is 0 Å². The van der Waals surface area contributed by atoms with Crippen molar-refractivity contribution >= 4 is 0 Å². The predicted octanol–water partition coefficient (Wildman–Crippen LogP) is 4.02. The van der Waals surface area contributed by atoms with Crippen LogP contribution in [0.4, 0.5) is 0 Å². The molecule has 0 N–H and O–H groups in total. The molecule has 0 bridgehead atoms. The van der Waals surface area contributed by atoms with Crippen LogP contribution in [0.2, 0.25) is 0 Å². The second-order valence-corrected chi connectivity index (χ2v) is 4.00. The summed E-state index contributed by atoms with van der Waals surface area (Å²) in [5.41, 5.74) is 1.88. The maximum Gasteiger partial charge on any atom is -0.0122 e. The van der Waals surface area contributed by atoms with Crippen molar-refractivity contribution in [3.05, 3.63) is 11.6 Å². The molecule has 0 heteroatoms. The summed E-state index contributed by atoms with van der Waals surface area (Å²) in [6.45, 7) is 13.6. The van der Waals surface area contributed by atoms with Gasteiger partial charge in [0, 0.05) is 0 Å². The topological polar surface area (TPSA) is 0 Å². The summed E-state index contributed by atoms with van der Waals surface area (Å²) >= 11 is 0. The Hall–Kier alpha value is -0.260. The molecular weight excluding hydrogens is 132 g/mol. The molecule has 0 aliphatic heterocycles. The molecule has 0 amide bonds. The van der Waals surface area contributed by atoms with E-state index >= 15 is 0 Å². The molecule has 0 radical (unpaired) electrons. The normalized spacial score (nSPS) is 16.7. The highest BCUT2D eigenvalue weighted by Gasteiger charge is 2.25. The van der Waals surface area contributed by atoms with Gasteiger partial charge in [-0.05, 0) is 25.2 Å². The Morgan fingerprint density at radius 2 is 1.91 bits per heavy atom. The molecule has 0 saturated heterocycles. The zero-order valence-electron chi connectivity index (χ0n) is 8.86. The first-order chi connectivity index (χ1) is 4.96. The fraction of sp³-hybridized carbons (Fsp3) is 0.818. The van der Waals surface area contributed by atoms with Crippen LogP contribution in [0.3, 0.4) is 0 Å². The Morgan fingerprint density at radius 3 is 2.18 bits per heavy atom. The minimum atomic E-state index is 0.378. The largest absolute Gasteiger partial charge is 0.0882 e. The Balaban J connectivity index is 4.44. The van der Waals surface area contributed by atoms with Gasteiger partial charge in [0.2, 0.25) is 0 Å². The first-order valence-corrected chi connectivity index (χ1v) is 4.60. The molecule has 0 aliphatic carbocycles. The van der Waals surface area contributed by atoms with Crippen LogP contribution in [0.25, 0.3) is 0 Å². The summed E-state index contributed by atoms with van der Waals surface area (Å²) in [7, 11) is 0. The van der Waals surface area contributed by atoms with E-state index in [1.54, 1.807) is 0 Å². The van der Waals surface area contributed by atoms with E-state index in [9.17, 15) is 0 Å². The van der Waals surface area contributed by atoms with Crippen LogP contribution in [0.5, 0.6) is 0 Å². The molecule has 0 aromatic heterocycles. The van der Waals surface area contributed by atoms with Gasteiger partial charge in [-0.1, -0.05) is 45.8 Å². The molecule has 0 aliphatic rings. The van der Waals surface area contributed by atoms with Crippen LogP contribution in [0.15, 0.2) is 11.6 Å². The summed E-state index contributed by atoms with van der Waals surface area (Å²) in [6, 6.07) is 0. The van der Waals surface area contributed by atoms with Crippen molar-refractivity contribution in [2.45, 2.75) is 48.0 Å². The van der Waals surface area contributed by atoms with Gasteiger partial charge < -0.3 is 0 Å². The highest BCUT2D eigenvalue weighted by Crippen LogP contribution is 2.35. The highest BCUT2D eigenvalue weighted by molar-refractivity contribution is 5.09. The fourth-order valence-corrected chi connectivity index (χ4v) is 1.27. The van der Waals surface area contributed by atoms with Gasteiger partial charge in [-0.15, -0.1) is 0 Å². The highest BCUT2D eigenvalue weighted by atomic mass is 14.3. The van der Waals surface area contributed by atoms with Gasteiger partial charge in [0.15, 0.2) is 0 Å². The van der Waals surface area contributed by atoms with Crippen LogP contribution in [-0.4, -0.2) is 0 Å². The molecular formula is C11H22. The van der Waals surface area contributed by atoms with Gasteiger partial charge in [-0.25, -0.2) is 0 Å². The summed E-state index contributed by atoms with van der Waals surface area (Å²) in [5.74, 6) is 0.777. The van der Waals surface area contributed by atoms with Crippen LogP contribution in [0, 0.1) is 11.3 Å². The lowest BCUT2D eigenvalue weighted by Gasteiger charge is -2.32. The van der Waals surface area contributed by atoms with E-state index in [1.165, 1.54) is 12.0 Å². The first kappa shape index (κ1) is 10.7. The number of hydrogen-bond acceptors (Lipinski definition) is 0. The maximum absolute atomic E-state index is 2.33. The van der Waals surface area contributed by atoms with Crippen molar-refractivity contribution in [1.82, 2.24) is 0 Å². The molecule has 0 nitrogen and oxygen atoms in total. The van der Waals surface area contributed by atoms with Gasteiger partial charge in [-0.2, -0.15) is 0 Å². The van der Waals surface area contributed by atoms with E-state index in [2.05, 4.69) is 47.6 Å². The van der Waals surface area contributed by atoms with Gasteiger partial charge >= 0.3 is 0 Å². The average Bonchev–Trinajstić information content (AvgIpc) is 2.01. The Kier molecular flexibility index (Phi) is 3.85. The van der Waals surface area contributed by atoms with Crippen molar-refractivity contribution in [3.63, 3.8) is 0 Å². The molecule has 0 heterocycles. The molecule has 0 rings (SSSR count).